The topological polar surface area (TPSA) is 61.8 Å². The van der Waals surface area contributed by atoms with Crippen molar-refractivity contribution in [3.63, 3.8) is 0 Å². The van der Waals surface area contributed by atoms with E-state index >= 15 is 0 Å². The van der Waals surface area contributed by atoms with E-state index in [1.807, 2.05) is 13.8 Å². The Morgan fingerprint density at radius 1 is 0.926 bits per heavy atom. The summed E-state index contributed by atoms with van der Waals surface area (Å²) in [5.41, 5.74) is 0.731. The lowest BCUT2D eigenvalue weighted by Crippen LogP contribution is -2.12. The molecular weight excluding hydrogens is 344 g/mol. The number of benzene rings is 2. The van der Waals surface area contributed by atoms with Crippen molar-refractivity contribution in [2.24, 2.45) is 5.92 Å². The van der Waals surface area contributed by atoms with Crippen LogP contribution in [0.25, 0.3) is 0 Å². The molecular formula is C22H26O5. The van der Waals surface area contributed by atoms with Crippen LogP contribution in [0.15, 0.2) is 48.5 Å². The Labute approximate surface area is 160 Å². The van der Waals surface area contributed by atoms with Crippen LogP contribution < -0.4 is 9.47 Å². The molecule has 5 heteroatoms. The van der Waals surface area contributed by atoms with E-state index in [0.717, 1.165) is 12.8 Å². The highest BCUT2D eigenvalue weighted by Crippen LogP contribution is 2.19. The fraction of sp³-hybridized carbons (Fsp3) is 0.364. The molecule has 0 radical (unpaired) electrons. The first-order chi connectivity index (χ1) is 13.0. The number of rotatable bonds is 9. The van der Waals surface area contributed by atoms with Gasteiger partial charge in [0.25, 0.3) is 0 Å². The summed E-state index contributed by atoms with van der Waals surface area (Å²) >= 11 is 0. The smallest absolute Gasteiger partial charge is 0.343 e. The fourth-order valence-corrected chi connectivity index (χ4v) is 2.23. The summed E-state index contributed by atoms with van der Waals surface area (Å²) < 4.78 is 16.2. The molecule has 144 valence electrons. The van der Waals surface area contributed by atoms with E-state index in [1.54, 1.807) is 42.5 Å². The highest BCUT2D eigenvalue weighted by atomic mass is 16.5. The summed E-state index contributed by atoms with van der Waals surface area (Å²) in [5, 5.41) is 0. The summed E-state index contributed by atoms with van der Waals surface area (Å²) in [6.45, 7) is 6.96. The zero-order chi connectivity index (χ0) is 19.6. The first-order valence-corrected chi connectivity index (χ1v) is 9.21. The van der Waals surface area contributed by atoms with Crippen molar-refractivity contribution >= 4 is 11.9 Å². The summed E-state index contributed by atoms with van der Waals surface area (Å²) in [6, 6.07) is 13.3. The van der Waals surface area contributed by atoms with Gasteiger partial charge in [-0.05, 0) is 48.7 Å². The molecule has 0 aliphatic carbocycles. The lowest BCUT2D eigenvalue weighted by molar-refractivity contribution is 0.0457. The predicted molar refractivity (Wildman–Crippen MR) is 103 cm³/mol. The Bertz CT molecular complexity index is 767. The van der Waals surface area contributed by atoms with E-state index in [9.17, 15) is 9.59 Å². The van der Waals surface area contributed by atoms with Gasteiger partial charge < -0.3 is 14.2 Å². The van der Waals surface area contributed by atoms with Gasteiger partial charge >= 0.3 is 11.9 Å². The average molecular weight is 370 g/mol. The van der Waals surface area contributed by atoms with Crippen LogP contribution in [0.5, 0.6) is 11.5 Å². The van der Waals surface area contributed by atoms with Gasteiger partial charge in [0, 0.05) is 0 Å². The molecule has 0 saturated heterocycles. The Hall–Kier alpha value is -2.82. The SMILES string of the molecule is CCCCOc1cccc(C(=O)Oc2cccc(C(=O)OCC(C)C)c2)c1. The van der Waals surface area contributed by atoms with Gasteiger partial charge in [-0.25, -0.2) is 9.59 Å². The van der Waals surface area contributed by atoms with E-state index in [4.69, 9.17) is 14.2 Å². The zero-order valence-electron chi connectivity index (χ0n) is 16.1. The van der Waals surface area contributed by atoms with Gasteiger partial charge in [0.2, 0.25) is 0 Å². The van der Waals surface area contributed by atoms with Crippen LogP contribution in [0, 0.1) is 5.92 Å². The minimum Gasteiger partial charge on any atom is -0.494 e. The second-order valence-corrected chi connectivity index (χ2v) is 6.64. The highest BCUT2D eigenvalue weighted by molar-refractivity contribution is 5.93. The second-order valence-electron chi connectivity index (χ2n) is 6.64. The molecule has 0 spiro atoms. The molecule has 0 aliphatic heterocycles. The maximum Gasteiger partial charge on any atom is 0.343 e. The van der Waals surface area contributed by atoms with Crippen LogP contribution in [0.4, 0.5) is 0 Å². The second kappa shape index (κ2) is 10.4. The summed E-state index contributed by atoms with van der Waals surface area (Å²) in [4.78, 5) is 24.4. The average Bonchev–Trinajstić information content (AvgIpc) is 2.66. The Morgan fingerprint density at radius 2 is 1.56 bits per heavy atom. The third-order valence-corrected chi connectivity index (χ3v) is 3.66. The van der Waals surface area contributed by atoms with Crippen molar-refractivity contribution in [1.29, 1.82) is 0 Å². The van der Waals surface area contributed by atoms with Gasteiger partial charge in [-0.3, -0.25) is 0 Å². The number of carbonyl (C=O) groups excluding carboxylic acids is 2. The Kier molecular flexibility index (Phi) is 7.86. The van der Waals surface area contributed by atoms with Crippen LogP contribution in [0.1, 0.15) is 54.3 Å². The van der Waals surface area contributed by atoms with Gasteiger partial charge in [-0.15, -0.1) is 0 Å². The minimum absolute atomic E-state index is 0.252. The molecule has 2 rings (SSSR count). The van der Waals surface area contributed by atoms with E-state index in [1.165, 1.54) is 6.07 Å². The predicted octanol–water partition coefficient (Wildman–Crippen LogP) is 4.90. The van der Waals surface area contributed by atoms with E-state index < -0.39 is 11.9 Å². The largest absolute Gasteiger partial charge is 0.494 e. The number of carbonyl (C=O) groups is 2. The van der Waals surface area contributed by atoms with Crippen LogP contribution >= 0.6 is 0 Å². The zero-order valence-corrected chi connectivity index (χ0v) is 16.1. The van der Waals surface area contributed by atoms with E-state index in [0.29, 0.717) is 30.1 Å². The number of unbranched alkanes of at least 4 members (excludes halogenated alkanes) is 1. The first-order valence-electron chi connectivity index (χ1n) is 9.21. The molecule has 0 saturated carbocycles. The first kappa shape index (κ1) is 20.5. The molecule has 0 bridgehead atoms. The van der Waals surface area contributed by atoms with E-state index in [-0.39, 0.29) is 11.7 Å². The van der Waals surface area contributed by atoms with Crippen LogP contribution in [-0.4, -0.2) is 25.2 Å². The molecule has 0 fully saturated rings. The van der Waals surface area contributed by atoms with E-state index in [2.05, 4.69) is 6.92 Å². The van der Waals surface area contributed by atoms with Gasteiger partial charge in [-0.2, -0.15) is 0 Å². The van der Waals surface area contributed by atoms with Crippen molar-refractivity contribution in [2.45, 2.75) is 33.6 Å². The van der Waals surface area contributed by atoms with Crippen LogP contribution in [-0.2, 0) is 4.74 Å². The molecule has 2 aromatic carbocycles. The molecule has 0 unspecified atom stereocenters. The van der Waals surface area contributed by atoms with Gasteiger partial charge in [0.15, 0.2) is 0 Å². The lowest BCUT2D eigenvalue weighted by atomic mass is 10.2. The molecule has 5 nitrogen and oxygen atoms in total. The van der Waals surface area contributed by atoms with Crippen molar-refractivity contribution in [3.05, 3.63) is 59.7 Å². The van der Waals surface area contributed by atoms with Crippen LogP contribution in [0.3, 0.4) is 0 Å². The number of hydrogen-bond donors (Lipinski definition) is 0. The normalized spacial score (nSPS) is 10.5. The molecule has 0 atom stereocenters. The van der Waals surface area contributed by atoms with Crippen molar-refractivity contribution < 1.29 is 23.8 Å². The summed E-state index contributed by atoms with van der Waals surface area (Å²) in [7, 11) is 0. The van der Waals surface area contributed by atoms with Gasteiger partial charge in [0.1, 0.15) is 11.5 Å². The van der Waals surface area contributed by atoms with Crippen molar-refractivity contribution in [2.75, 3.05) is 13.2 Å². The third-order valence-electron chi connectivity index (χ3n) is 3.66. The van der Waals surface area contributed by atoms with Gasteiger partial charge in [0.05, 0.1) is 24.3 Å². The number of esters is 2. The number of hydrogen-bond acceptors (Lipinski definition) is 5. The maximum atomic E-state index is 12.4. The molecule has 0 aliphatic rings. The quantitative estimate of drug-likeness (QED) is 0.357. The fourth-order valence-electron chi connectivity index (χ4n) is 2.23. The monoisotopic (exact) mass is 370 g/mol. The molecule has 0 aromatic heterocycles. The van der Waals surface area contributed by atoms with Crippen LogP contribution in [0.2, 0.25) is 0 Å². The molecule has 0 amide bonds. The molecule has 27 heavy (non-hydrogen) atoms. The molecule has 2 aromatic rings. The molecule has 0 N–H and O–H groups in total. The molecule has 0 heterocycles. The summed E-state index contributed by atoms with van der Waals surface area (Å²) in [6.07, 6.45) is 1.99. The van der Waals surface area contributed by atoms with Gasteiger partial charge in [-0.1, -0.05) is 39.3 Å². The van der Waals surface area contributed by atoms with Crippen molar-refractivity contribution in [3.8, 4) is 11.5 Å². The lowest BCUT2D eigenvalue weighted by Gasteiger charge is -2.09. The standard InChI is InChI=1S/C22H26O5/c1-4-5-12-25-19-10-6-9-18(13-19)22(24)27-20-11-7-8-17(14-20)21(23)26-15-16(2)3/h6-11,13-14,16H,4-5,12,15H2,1-3H3. The third kappa shape index (κ3) is 6.77. The highest BCUT2D eigenvalue weighted by Gasteiger charge is 2.13. The minimum atomic E-state index is -0.511. The Balaban J connectivity index is 2.02. The maximum absolute atomic E-state index is 12.4. The Morgan fingerprint density at radius 3 is 2.22 bits per heavy atom. The number of ether oxygens (including phenoxy) is 3. The van der Waals surface area contributed by atoms with Crippen molar-refractivity contribution in [1.82, 2.24) is 0 Å². The summed E-state index contributed by atoms with van der Waals surface area (Å²) in [5.74, 6) is 0.221.